The second-order valence-electron chi connectivity index (χ2n) is 4.53. The molecule has 1 aliphatic rings. The second kappa shape index (κ2) is 7.96. The molecule has 1 fully saturated rings. The molecule has 0 spiro atoms. The van der Waals surface area contributed by atoms with Crippen molar-refractivity contribution < 1.29 is 24.2 Å². The lowest BCUT2D eigenvalue weighted by Crippen LogP contribution is -2.54. The maximum absolute atomic E-state index is 12.0. The fourth-order valence-electron chi connectivity index (χ4n) is 2.00. The lowest BCUT2D eigenvalue weighted by molar-refractivity contribution is -0.154. The third-order valence-corrected chi connectivity index (χ3v) is 2.96. The smallest absolute Gasteiger partial charge is 0.334 e. The van der Waals surface area contributed by atoms with Gasteiger partial charge in [0.05, 0.1) is 25.8 Å². The summed E-state index contributed by atoms with van der Waals surface area (Å²) in [4.78, 5) is 24.4. The Bertz CT molecular complexity index is 304. The van der Waals surface area contributed by atoms with E-state index < -0.39 is 12.1 Å². The van der Waals surface area contributed by atoms with Gasteiger partial charge < -0.3 is 24.8 Å². The zero-order valence-electron chi connectivity index (χ0n) is 11.4. The number of nitrogens with one attached hydrogen (secondary N) is 1. The zero-order valence-corrected chi connectivity index (χ0v) is 11.4. The van der Waals surface area contributed by atoms with E-state index in [0.717, 1.165) is 12.8 Å². The summed E-state index contributed by atoms with van der Waals surface area (Å²) in [6, 6.07) is -0.307. The van der Waals surface area contributed by atoms with Crippen molar-refractivity contribution in [1.29, 1.82) is 0 Å². The topological polar surface area (TPSA) is 88.1 Å². The van der Waals surface area contributed by atoms with Crippen molar-refractivity contribution in [2.45, 2.75) is 31.9 Å². The molecule has 2 atom stereocenters. The van der Waals surface area contributed by atoms with Crippen LogP contribution in [0.25, 0.3) is 0 Å². The third kappa shape index (κ3) is 5.04. The van der Waals surface area contributed by atoms with E-state index in [1.165, 1.54) is 4.90 Å². The summed E-state index contributed by atoms with van der Waals surface area (Å²) in [5.41, 5.74) is 0. The standard InChI is InChI=1S/C12H22N2O5/c1-3-4-9(8-18-2)13-12(17)14-5-6-19-10(7-14)11(15)16/h9-10H,3-8H2,1-2H3,(H,13,17)(H,15,16). The van der Waals surface area contributed by atoms with Crippen LogP contribution in [-0.2, 0) is 14.3 Å². The van der Waals surface area contributed by atoms with Gasteiger partial charge in [0, 0.05) is 13.7 Å². The van der Waals surface area contributed by atoms with Crippen molar-refractivity contribution in [3.63, 3.8) is 0 Å². The van der Waals surface area contributed by atoms with Crippen LogP contribution < -0.4 is 5.32 Å². The number of amides is 2. The molecule has 2 N–H and O–H groups in total. The number of carbonyl (C=O) groups excluding carboxylic acids is 1. The third-order valence-electron chi connectivity index (χ3n) is 2.96. The molecular formula is C12H22N2O5. The van der Waals surface area contributed by atoms with Gasteiger partial charge in [-0.15, -0.1) is 0 Å². The van der Waals surface area contributed by atoms with Gasteiger partial charge in [0.2, 0.25) is 0 Å². The first kappa shape index (κ1) is 15.7. The molecule has 0 aromatic carbocycles. The summed E-state index contributed by atoms with van der Waals surface area (Å²) in [7, 11) is 1.59. The number of urea groups is 1. The van der Waals surface area contributed by atoms with Crippen LogP contribution in [0.3, 0.4) is 0 Å². The van der Waals surface area contributed by atoms with Gasteiger partial charge in [-0.25, -0.2) is 9.59 Å². The summed E-state index contributed by atoms with van der Waals surface area (Å²) < 4.78 is 10.1. The lowest BCUT2D eigenvalue weighted by atomic mass is 10.2. The number of methoxy groups -OCH3 is 1. The summed E-state index contributed by atoms with van der Waals surface area (Å²) in [6.07, 6.45) is 0.827. The maximum Gasteiger partial charge on any atom is 0.334 e. The van der Waals surface area contributed by atoms with Crippen LogP contribution in [0.1, 0.15) is 19.8 Å². The minimum atomic E-state index is -1.04. The summed E-state index contributed by atoms with van der Waals surface area (Å²) in [5, 5.41) is 11.7. The van der Waals surface area contributed by atoms with Crippen molar-refractivity contribution in [3.05, 3.63) is 0 Å². The first-order valence-electron chi connectivity index (χ1n) is 6.47. The van der Waals surface area contributed by atoms with Crippen LogP contribution in [0.2, 0.25) is 0 Å². The lowest BCUT2D eigenvalue weighted by Gasteiger charge is -2.32. The Morgan fingerprint density at radius 2 is 2.32 bits per heavy atom. The highest BCUT2D eigenvalue weighted by Gasteiger charge is 2.29. The minimum Gasteiger partial charge on any atom is -0.479 e. The second-order valence-corrected chi connectivity index (χ2v) is 4.53. The largest absolute Gasteiger partial charge is 0.479 e. The molecule has 1 saturated heterocycles. The number of ether oxygens (including phenoxy) is 2. The fraction of sp³-hybridized carbons (Fsp3) is 0.833. The number of hydrogen-bond acceptors (Lipinski definition) is 4. The average molecular weight is 274 g/mol. The highest BCUT2D eigenvalue weighted by atomic mass is 16.5. The molecule has 0 aliphatic carbocycles. The van der Waals surface area contributed by atoms with Gasteiger partial charge in [0.15, 0.2) is 6.10 Å². The number of hydrogen-bond donors (Lipinski definition) is 2. The predicted molar refractivity (Wildman–Crippen MR) is 68.1 cm³/mol. The first-order chi connectivity index (χ1) is 9.08. The van der Waals surface area contributed by atoms with E-state index in [0.29, 0.717) is 13.2 Å². The van der Waals surface area contributed by atoms with Crippen LogP contribution in [0.15, 0.2) is 0 Å². The Morgan fingerprint density at radius 1 is 1.58 bits per heavy atom. The normalized spacial score (nSPS) is 20.9. The molecule has 0 bridgehead atoms. The molecule has 0 aromatic rings. The van der Waals surface area contributed by atoms with E-state index >= 15 is 0 Å². The molecule has 7 nitrogen and oxygen atoms in total. The minimum absolute atomic E-state index is 0.0476. The van der Waals surface area contributed by atoms with Crippen LogP contribution >= 0.6 is 0 Å². The molecule has 2 unspecified atom stereocenters. The molecule has 1 rings (SSSR count). The molecule has 1 heterocycles. The highest BCUT2D eigenvalue weighted by molar-refractivity contribution is 5.77. The van der Waals surface area contributed by atoms with Gasteiger partial charge in [0.25, 0.3) is 0 Å². The van der Waals surface area contributed by atoms with Gasteiger partial charge in [-0.1, -0.05) is 13.3 Å². The zero-order chi connectivity index (χ0) is 14.3. The number of rotatable bonds is 6. The van der Waals surface area contributed by atoms with E-state index in [-0.39, 0.29) is 25.2 Å². The van der Waals surface area contributed by atoms with Crippen molar-refractivity contribution in [1.82, 2.24) is 10.2 Å². The van der Waals surface area contributed by atoms with Crippen LogP contribution in [0.4, 0.5) is 4.79 Å². The summed E-state index contributed by atoms with van der Waals surface area (Å²) >= 11 is 0. The monoisotopic (exact) mass is 274 g/mol. The van der Waals surface area contributed by atoms with Gasteiger partial charge >= 0.3 is 12.0 Å². The van der Waals surface area contributed by atoms with Crippen molar-refractivity contribution in [2.75, 3.05) is 33.4 Å². The molecule has 0 aromatic heterocycles. The molecule has 19 heavy (non-hydrogen) atoms. The number of carboxylic acid groups (broad SMARTS) is 1. The Hall–Kier alpha value is -1.34. The van der Waals surface area contributed by atoms with Crippen LogP contribution in [-0.4, -0.2) is 67.6 Å². The average Bonchev–Trinajstić information content (AvgIpc) is 2.39. The van der Waals surface area contributed by atoms with Crippen molar-refractivity contribution in [2.24, 2.45) is 0 Å². The van der Waals surface area contributed by atoms with E-state index in [4.69, 9.17) is 14.6 Å². The Balaban J connectivity index is 2.49. The predicted octanol–water partition coefficient (Wildman–Crippen LogP) is 0.297. The van der Waals surface area contributed by atoms with Crippen molar-refractivity contribution in [3.8, 4) is 0 Å². The summed E-state index contributed by atoms with van der Waals surface area (Å²) in [6.45, 7) is 3.21. The first-order valence-corrected chi connectivity index (χ1v) is 6.47. The molecule has 7 heteroatoms. The Kier molecular flexibility index (Phi) is 6.58. The van der Waals surface area contributed by atoms with Gasteiger partial charge in [-0.2, -0.15) is 0 Å². The van der Waals surface area contributed by atoms with E-state index in [1.807, 2.05) is 6.92 Å². The SMILES string of the molecule is CCCC(COC)NC(=O)N1CCOC(C(=O)O)C1. The highest BCUT2D eigenvalue weighted by Crippen LogP contribution is 2.07. The van der Waals surface area contributed by atoms with Gasteiger partial charge in [-0.05, 0) is 6.42 Å². The van der Waals surface area contributed by atoms with E-state index in [2.05, 4.69) is 5.32 Å². The van der Waals surface area contributed by atoms with E-state index in [1.54, 1.807) is 7.11 Å². The van der Waals surface area contributed by atoms with Gasteiger partial charge in [0.1, 0.15) is 0 Å². The molecule has 1 aliphatic heterocycles. The quantitative estimate of drug-likeness (QED) is 0.727. The summed E-state index contributed by atoms with van der Waals surface area (Å²) in [5.74, 6) is -1.04. The van der Waals surface area contributed by atoms with Crippen LogP contribution in [0.5, 0.6) is 0 Å². The number of carboxylic acids is 1. The molecule has 110 valence electrons. The Labute approximate surface area is 112 Å². The van der Waals surface area contributed by atoms with Gasteiger partial charge in [-0.3, -0.25) is 0 Å². The number of carbonyl (C=O) groups is 2. The number of aliphatic carboxylic acids is 1. The number of morpholine rings is 1. The molecular weight excluding hydrogens is 252 g/mol. The number of nitrogens with zero attached hydrogens (tertiary/aromatic N) is 1. The van der Waals surface area contributed by atoms with Crippen LogP contribution in [0, 0.1) is 0 Å². The molecule has 0 saturated carbocycles. The van der Waals surface area contributed by atoms with E-state index in [9.17, 15) is 9.59 Å². The maximum atomic E-state index is 12.0. The van der Waals surface area contributed by atoms with Crippen molar-refractivity contribution >= 4 is 12.0 Å². The Morgan fingerprint density at radius 3 is 2.89 bits per heavy atom. The molecule has 2 amide bonds. The fourth-order valence-corrected chi connectivity index (χ4v) is 2.00. The molecule has 0 radical (unpaired) electrons.